The van der Waals surface area contributed by atoms with Crippen LogP contribution < -0.4 is 5.73 Å². The van der Waals surface area contributed by atoms with Crippen molar-refractivity contribution in [1.82, 2.24) is 9.61 Å². The first-order chi connectivity index (χ1) is 8.15. The minimum absolute atomic E-state index is 0.335. The Kier molecular flexibility index (Phi) is 3.00. The fraction of sp³-hybridized carbons (Fsp3) is 0.214. The molecule has 0 spiro atoms. The van der Waals surface area contributed by atoms with E-state index in [9.17, 15) is 0 Å². The van der Waals surface area contributed by atoms with E-state index in [2.05, 4.69) is 25.5 Å². The Bertz CT molecular complexity index is 576. The zero-order chi connectivity index (χ0) is 12.4. The predicted molar refractivity (Wildman–Crippen MR) is 71.6 cm³/mol. The molecule has 0 atom stereocenters. The molecule has 0 bridgehead atoms. The molecule has 2 aromatic rings. The highest BCUT2D eigenvalue weighted by Crippen LogP contribution is 2.26. The van der Waals surface area contributed by atoms with Gasteiger partial charge in [-0.1, -0.05) is 32.6 Å². The van der Waals surface area contributed by atoms with Gasteiger partial charge >= 0.3 is 0 Å². The van der Waals surface area contributed by atoms with Crippen molar-refractivity contribution in [2.75, 3.05) is 0 Å². The van der Waals surface area contributed by atoms with Gasteiger partial charge in [-0.25, -0.2) is 4.52 Å². The van der Waals surface area contributed by atoms with Gasteiger partial charge in [-0.05, 0) is 24.1 Å². The molecule has 0 aliphatic carbocycles. The van der Waals surface area contributed by atoms with Crippen LogP contribution in [0.4, 0.5) is 0 Å². The minimum atomic E-state index is 0.335. The summed E-state index contributed by atoms with van der Waals surface area (Å²) in [6.45, 7) is 7.92. The van der Waals surface area contributed by atoms with Gasteiger partial charge in [0.1, 0.15) is 0 Å². The van der Waals surface area contributed by atoms with Crippen LogP contribution >= 0.6 is 0 Å². The van der Waals surface area contributed by atoms with Crippen molar-refractivity contribution in [3.05, 3.63) is 54.4 Å². The fourth-order valence-electron chi connectivity index (χ4n) is 1.93. The molecule has 0 aliphatic heterocycles. The van der Waals surface area contributed by atoms with Gasteiger partial charge in [0.25, 0.3) is 0 Å². The summed E-state index contributed by atoms with van der Waals surface area (Å²) in [5.41, 5.74) is 9.87. The van der Waals surface area contributed by atoms with Crippen LogP contribution in [-0.4, -0.2) is 9.61 Å². The van der Waals surface area contributed by atoms with E-state index in [-0.39, 0.29) is 0 Å². The Balaban J connectivity index is 2.76. The van der Waals surface area contributed by atoms with Crippen molar-refractivity contribution in [3.63, 3.8) is 0 Å². The van der Waals surface area contributed by atoms with Crippen LogP contribution in [0.5, 0.6) is 0 Å². The molecule has 0 fully saturated rings. The van der Waals surface area contributed by atoms with Crippen LogP contribution in [0.3, 0.4) is 0 Å². The molecule has 17 heavy (non-hydrogen) atoms. The first-order valence-corrected chi connectivity index (χ1v) is 5.71. The molecule has 0 unspecified atom stereocenters. The molecule has 2 N–H and O–H groups in total. The lowest BCUT2D eigenvalue weighted by Crippen LogP contribution is -2.00. The van der Waals surface area contributed by atoms with Crippen molar-refractivity contribution < 1.29 is 0 Å². The van der Waals surface area contributed by atoms with Gasteiger partial charge in [0.2, 0.25) is 0 Å². The first kappa shape index (κ1) is 11.5. The molecule has 0 amide bonds. The summed E-state index contributed by atoms with van der Waals surface area (Å²) < 4.78 is 1.87. The van der Waals surface area contributed by atoms with Crippen LogP contribution in [0.25, 0.3) is 11.2 Å². The van der Waals surface area contributed by atoms with Gasteiger partial charge in [-0.15, -0.1) is 0 Å². The molecular formula is C14H17N3. The topological polar surface area (TPSA) is 43.3 Å². The quantitative estimate of drug-likeness (QED) is 0.819. The van der Waals surface area contributed by atoms with E-state index in [4.69, 9.17) is 5.73 Å². The number of allylic oxidation sites excluding steroid dienone is 2. The molecule has 0 saturated heterocycles. The van der Waals surface area contributed by atoms with Crippen molar-refractivity contribution in [2.24, 2.45) is 5.73 Å². The van der Waals surface area contributed by atoms with Gasteiger partial charge < -0.3 is 5.73 Å². The summed E-state index contributed by atoms with van der Waals surface area (Å²) in [6.07, 6.45) is 5.45. The Morgan fingerprint density at radius 3 is 2.88 bits per heavy atom. The maximum absolute atomic E-state index is 6.09. The zero-order valence-corrected chi connectivity index (χ0v) is 10.2. The number of rotatable bonds is 3. The van der Waals surface area contributed by atoms with E-state index < -0.39 is 0 Å². The van der Waals surface area contributed by atoms with Crippen LogP contribution in [0.2, 0.25) is 0 Å². The Morgan fingerprint density at radius 1 is 1.47 bits per heavy atom. The van der Waals surface area contributed by atoms with Crippen molar-refractivity contribution in [3.8, 4) is 0 Å². The van der Waals surface area contributed by atoms with Gasteiger partial charge in [-0.2, -0.15) is 5.10 Å². The van der Waals surface area contributed by atoms with E-state index in [1.54, 1.807) is 6.08 Å². The van der Waals surface area contributed by atoms with Crippen LogP contribution in [-0.2, 0) is 0 Å². The third-order valence-corrected chi connectivity index (χ3v) is 2.70. The lowest BCUT2D eigenvalue weighted by Gasteiger charge is -2.05. The van der Waals surface area contributed by atoms with Crippen LogP contribution in [0.1, 0.15) is 31.0 Å². The highest BCUT2D eigenvalue weighted by molar-refractivity contribution is 5.79. The molecule has 0 aliphatic rings. The maximum Gasteiger partial charge on any atom is 0.0757 e. The van der Waals surface area contributed by atoms with Gasteiger partial charge in [0.15, 0.2) is 0 Å². The number of hydrogen-bond donors (Lipinski definition) is 1. The molecular weight excluding hydrogens is 210 g/mol. The fourth-order valence-corrected chi connectivity index (χ4v) is 1.93. The lowest BCUT2D eigenvalue weighted by atomic mass is 10.0. The van der Waals surface area contributed by atoms with E-state index in [1.165, 1.54) is 0 Å². The number of aromatic nitrogens is 2. The molecule has 3 nitrogen and oxygen atoms in total. The molecule has 2 rings (SSSR count). The molecule has 2 heterocycles. The standard InChI is InChI=1S/C14H17N3/c1-4-7-11(15)13-12-8-5-6-9-17(12)16-14(13)10(2)3/h4-10H,1,15H2,2-3H3/b11-7-. The van der Waals surface area contributed by atoms with Gasteiger partial charge in [0.05, 0.1) is 11.2 Å². The van der Waals surface area contributed by atoms with Crippen LogP contribution in [0, 0.1) is 0 Å². The number of nitrogens with two attached hydrogens (primary N) is 1. The minimum Gasteiger partial charge on any atom is -0.398 e. The summed E-state index contributed by atoms with van der Waals surface area (Å²) in [7, 11) is 0. The summed E-state index contributed by atoms with van der Waals surface area (Å²) in [5.74, 6) is 0.335. The van der Waals surface area contributed by atoms with Crippen LogP contribution in [0.15, 0.2) is 43.1 Å². The number of nitrogens with zero attached hydrogens (tertiary/aromatic N) is 2. The largest absolute Gasteiger partial charge is 0.398 e. The van der Waals surface area contributed by atoms with Crippen molar-refractivity contribution in [2.45, 2.75) is 19.8 Å². The highest BCUT2D eigenvalue weighted by atomic mass is 15.2. The lowest BCUT2D eigenvalue weighted by molar-refractivity contribution is 0.786. The smallest absolute Gasteiger partial charge is 0.0757 e. The maximum atomic E-state index is 6.09. The summed E-state index contributed by atoms with van der Waals surface area (Å²) in [4.78, 5) is 0. The molecule has 3 heteroatoms. The predicted octanol–water partition coefficient (Wildman–Crippen LogP) is 2.94. The Hall–Kier alpha value is -2.03. The third-order valence-electron chi connectivity index (χ3n) is 2.70. The SMILES string of the molecule is C=C/C=C(\N)c1c(C(C)C)nn2ccccc12. The van der Waals surface area contributed by atoms with E-state index in [1.807, 2.05) is 35.0 Å². The van der Waals surface area contributed by atoms with E-state index >= 15 is 0 Å². The second-order valence-corrected chi connectivity index (χ2v) is 4.30. The summed E-state index contributed by atoms with van der Waals surface area (Å²) >= 11 is 0. The number of hydrogen-bond acceptors (Lipinski definition) is 2. The molecule has 0 saturated carbocycles. The highest BCUT2D eigenvalue weighted by Gasteiger charge is 2.16. The molecule has 2 aromatic heterocycles. The first-order valence-electron chi connectivity index (χ1n) is 5.71. The van der Waals surface area contributed by atoms with E-state index in [0.717, 1.165) is 16.8 Å². The number of fused-ring (bicyclic) bond motifs is 1. The Labute approximate surface area is 101 Å². The average molecular weight is 227 g/mol. The summed E-state index contributed by atoms with van der Waals surface area (Å²) in [5, 5.41) is 4.58. The second kappa shape index (κ2) is 4.45. The number of pyridine rings is 1. The van der Waals surface area contributed by atoms with Crippen molar-refractivity contribution in [1.29, 1.82) is 0 Å². The second-order valence-electron chi connectivity index (χ2n) is 4.30. The zero-order valence-electron chi connectivity index (χ0n) is 10.2. The molecule has 0 aromatic carbocycles. The average Bonchev–Trinajstić information content (AvgIpc) is 2.68. The van der Waals surface area contributed by atoms with Crippen molar-refractivity contribution >= 4 is 11.2 Å². The summed E-state index contributed by atoms with van der Waals surface area (Å²) in [6, 6.07) is 5.98. The molecule has 0 radical (unpaired) electrons. The van der Waals surface area contributed by atoms with E-state index in [0.29, 0.717) is 11.6 Å². The third kappa shape index (κ3) is 1.96. The Morgan fingerprint density at radius 2 is 2.24 bits per heavy atom. The monoisotopic (exact) mass is 227 g/mol. The normalized spacial score (nSPS) is 12.3. The van der Waals surface area contributed by atoms with Gasteiger partial charge in [0, 0.05) is 17.5 Å². The van der Waals surface area contributed by atoms with Gasteiger partial charge in [-0.3, -0.25) is 0 Å². The molecule has 88 valence electrons.